The first-order chi connectivity index (χ1) is 30.7. The van der Waals surface area contributed by atoms with Crippen LogP contribution in [-0.2, 0) is 21.7 Å². The minimum Gasteiger partial charge on any atom is -0.457 e. The van der Waals surface area contributed by atoms with Crippen LogP contribution in [0.5, 0.6) is 11.5 Å². The van der Waals surface area contributed by atoms with E-state index in [1.54, 1.807) is 0 Å². The summed E-state index contributed by atoms with van der Waals surface area (Å²) in [6, 6.07) is 47.8. The lowest BCUT2D eigenvalue weighted by molar-refractivity contribution is 0.188. The summed E-state index contributed by atoms with van der Waals surface area (Å²) in [6.07, 6.45) is 7.13. The Bertz CT molecular complexity index is 3920. The first kappa shape index (κ1) is 33.7. The third-order valence-corrected chi connectivity index (χ3v) is 17.4. The average molecular weight is 811 g/mol. The first-order valence-electron chi connectivity index (χ1n) is 22.9. The van der Waals surface area contributed by atoms with Crippen molar-refractivity contribution in [3.8, 4) is 33.8 Å². The molecule has 2 bridgehead atoms. The molecule has 63 heavy (non-hydrogen) atoms. The largest absolute Gasteiger partial charge is 0.457 e. The van der Waals surface area contributed by atoms with Crippen molar-refractivity contribution in [2.45, 2.75) is 75.0 Å². The van der Waals surface area contributed by atoms with E-state index in [2.05, 4.69) is 166 Å². The molecule has 0 atom stereocenters. The van der Waals surface area contributed by atoms with Crippen LogP contribution in [0.4, 0.5) is 0 Å². The summed E-state index contributed by atoms with van der Waals surface area (Å²) in [6.45, 7) is 9.68. The summed E-state index contributed by atoms with van der Waals surface area (Å²) >= 11 is 0. The van der Waals surface area contributed by atoms with Gasteiger partial charge in [0, 0.05) is 49.0 Å². The highest BCUT2D eigenvalue weighted by Gasteiger charge is 2.52. The van der Waals surface area contributed by atoms with Gasteiger partial charge >= 0.3 is 0 Å². The van der Waals surface area contributed by atoms with Crippen LogP contribution in [0.1, 0.15) is 98.0 Å². The molecule has 7 aromatic carbocycles. The molecule has 0 amide bonds. The van der Waals surface area contributed by atoms with Gasteiger partial charge in [0.1, 0.15) is 22.7 Å². The number of hydrogen-bond donors (Lipinski definition) is 0. The molecule has 6 aliphatic rings. The molecule has 1 aliphatic heterocycles. The molecule has 5 aliphatic carbocycles. The Morgan fingerprint density at radius 3 is 1.84 bits per heavy atom. The second kappa shape index (κ2) is 10.5. The number of fused-ring (bicyclic) bond motifs is 26. The maximum absolute atomic E-state index is 7.39. The van der Waals surface area contributed by atoms with Crippen molar-refractivity contribution in [1.82, 2.24) is 9.38 Å². The zero-order valence-electron chi connectivity index (χ0n) is 35.7. The van der Waals surface area contributed by atoms with E-state index in [1.165, 1.54) is 130 Å². The van der Waals surface area contributed by atoms with Crippen LogP contribution >= 0.6 is 0 Å². The monoisotopic (exact) mass is 810 g/mol. The van der Waals surface area contributed by atoms with Crippen molar-refractivity contribution in [3.63, 3.8) is 0 Å². The Morgan fingerprint density at radius 2 is 1.13 bits per heavy atom. The van der Waals surface area contributed by atoms with Gasteiger partial charge in [0.25, 0.3) is 0 Å². The molecule has 4 heteroatoms. The predicted octanol–water partition coefficient (Wildman–Crippen LogP) is 15.0. The third kappa shape index (κ3) is 3.55. The summed E-state index contributed by atoms with van der Waals surface area (Å²) in [5, 5.41) is 7.43. The van der Waals surface area contributed by atoms with E-state index in [4.69, 9.17) is 14.1 Å². The lowest BCUT2D eigenvalue weighted by Gasteiger charge is -2.52. The molecule has 0 unspecified atom stereocenters. The maximum atomic E-state index is 7.39. The number of ether oxygens (including phenoxy) is 1. The third-order valence-electron chi connectivity index (χ3n) is 17.4. The van der Waals surface area contributed by atoms with Gasteiger partial charge in [-0.2, -0.15) is 0 Å². The molecule has 300 valence electrons. The van der Waals surface area contributed by atoms with Crippen LogP contribution in [0, 0.1) is 0 Å². The molecule has 17 rings (SSSR count). The Balaban J connectivity index is 1.13. The SMILES string of the molecule is CC12CCC(C)(CC1)c1cc3c(cc12)oc1c3cc2c3c4c(ccc3n3c5cnc6c(c5c1c23)-c1ccccc1C6(C)C)C1(c2ccccc2Oc2ccccc21)c1ccccc1-4. The normalized spacial score (nSPS) is 21.6. The highest BCUT2D eigenvalue weighted by atomic mass is 16.5. The second-order valence-corrected chi connectivity index (χ2v) is 20.7. The zero-order valence-corrected chi connectivity index (χ0v) is 35.7. The molecule has 11 aromatic rings. The van der Waals surface area contributed by atoms with Gasteiger partial charge in [0.15, 0.2) is 0 Å². The standard InChI is InChI=1S/C59H42N2O2/c1-56(2)36-15-7-5-13-31(36)50-51-44(30-60-55(50)56)61-43-22-21-40-48(32-14-6-8-16-37(32)59(40)38-17-9-11-19-45(38)62-46-20-12-10-18-39(46)59)49(43)35-27-34-33-28-41-42(58(4)25-23-57(41,3)24-26-58)29-47(33)63-54(34)52(51)53(35)61/h5-22,27-30H,23-26H2,1-4H3. The number of aromatic nitrogens is 2. The molecule has 4 aromatic heterocycles. The van der Waals surface area contributed by atoms with E-state index < -0.39 is 5.41 Å². The molecule has 1 saturated carbocycles. The molecule has 4 nitrogen and oxygen atoms in total. The van der Waals surface area contributed by atoms with Crippen molar-refractivity contribution in [1.29, 1.82) is 0 Å². The van der Waals surface area contributed by atoms with Crippen LogP contribution in [0.25, 0.3) is 82.3 Å². The Hall–Kier alpha value is -6.91. The van der Waals surface area contributed by atoms with Crippen molar-refractivity contribution >= 4 is 60.0 Å². The zero-order chi connectivity index (χ0) is 41.5. The van der Waals surface area contributed by atoms with Crippen LogP contribution in [0.15, 0.2) is 138 Å². The van der Waals surface area contributed by atoms with E-state index in [1.807, 2.05) is 0 Å². The lowest BCUT2D eigenvalue weighted by atomic mass is 9.52. The average Bonchev–Trinajstić information content (AvgIpc) is 4.07. The molecular weight excluding hydrogens is 769 g/mol. The van der Waals surface area contributed by atoms with Gasteiger partial charge in [0.05, 0.1) is 39.2 Å². The number of para-hydroxylation sites is 2. The fraction of sp³-hybridized carbons (Fsp3) is 0.203. The quantitative estimate of drug-likeness (QED) is 0.153. The lowest BCUT2D eigenvalue weighted by Crippen LogP contribution is -2.44. The topological polar surface area (TPSA) is 39.7 Å². The number of hydrogen-bond acceptors (Lipinski definition) is 3. The Morgan fingerprint density at radius 1 is 0.508 bits per heavy atom. The first-order valence-corrected chi connectivity index (χ1v) is 22.9. The Labute approximate surface area is 364 Å². The number of nitrogens with zero attached hydrogens (tertiary/aromatic N) is 2. The van der Waals surface area contributed by atoms with Gasteiger partial charge in [-0.05, 0) is 117 Å². The van der Waals surface area contributed by atoms with Gasteiger partial charge in [0.2, 0.25) is 0 Å². The van der Waals surface area contributed by atoms with Crippen LogP contribution in [-0.4, -0.2) is 9.38 Å². The number of benzene rings is 7. The fourth-order valence-corrected chi connectivity index (χ4v) is 14.3. The van der Waals surface area contributed by atoms with Crippen molar-refractivity contribution in [3.05, 3.63) is 178 Å². The fourth-order valence-electron chi connectivity index (χ4n) is 14.3. The molecule has 1 fully saturated rings. The number of rotatable bonds is 0. The molecular formula is C59H42N2O2. The van der Waals surface area contributed by atoms with Gasteiger partial charge in [-0.3, -0.25) is 4.98 Å². The van der Waals surface area contributed by atoms with E-state index in [9.17, 15) is 0 Å². The summed E-state index contributed by atoms with van der Waals surface area (Å²) in [5.74, 6) is 1.82. The summed E-state index contributed by atoms with van der Waals surface area (Å²) in [7, 11) is 0. The summed E-state index contributed by atoms with van der Waals surface area (Å²) in [4.78, 5) is 5.43. The Kier molecular flexibility index (Phi) is 5.60. The minimum absolute atomic E-state index is 0.186. The highest BCUT2D eigenvalue weighted by Crippen LogP contribution is 2.65. The van der Waals surface area contributed by atoms with Crippen molar-refractivity contribution in [2.75, 3.05) is 0 Å². The van der Waals surface area contributed by atoms with Gasteiger partial charge < -0.3 is 13.6 Å². The van der Waals surface area contributed by atoms with Crippen molar-refractivity contribution < 1.29 is 9.15 Å². The van der Waals surface area contributed by atoms with Crippen LogP contribution < -0.4 is 4.74 Å². The molecule has 1 spiro atoms. The summed E-state index contributed by atoms with van der Waals surface area (Å²) < 4.78 is 16.7. The van der Waals surface area contributed by atoms with E-state index in [0.29, 0.717) is 0 Å². The predicted molar refractivity (Wildman–Crippen MR) is 254 cm³/mol. The van der Waals surface area contributed by atoms with Gasteiger partial charge in [-0.1, -0.05) is 119 Å². The summed E-state index contributed by atoms with van der Waals surface area (Å²) in [5.41, 5.74) is 20.7. The van der Waals surface area contributed by atoms with E-state index in [0.717, 1.165) is 33.9 Å². The number of furan rings is 1. The minimum atomic E-state index is -0.557. The van der Waals surface area contributed by atoms with Crippen LogP contribution in [0.3, 0.4) is 0 Å². The smallest absolute Gasteiger partial charge is 0.145 e. The molecule has 5 heterocycles. The number of pyridine rings is 1. The van der Waals surface area contributed by atoms with Gasteiger partial charge in [-0.25, -0.2) is 0 Å². The van der Waals surface area contributed by atoms with E-state index >= 15 is 0 Å². The van der Waals surface area contributed by atoms with Crippen LogP contribution in [0.2, 0.25) is 0 Å². The highest BCUT2D eigenvalue weighted by molar-refractivity contribution is 6.36. The van der Waals surface area contributed by atoms with E-state index in [-0.39, 0.29) is 16.2 Å². The molecule has 0 radical (unpaired) electrons. The van der Waals surface area contributed by atoms with Gasteiger partial charge in [-0.15, -0.1) is 0 Å². The maximum Gasteiger partial charge on any atom is 0.145 e. The second-order valence-electron chi connectivity index (χ2n) is 20.7. The molecule has 0 N–H and O–H groups in total. The molecule has 0 saturated heterocycles. The van der Waals surface area contributed by atoms with Crippen molar-refractivity contribution in [2.24, 2.45) is 0 Å².